The number of nitriles is 2. The van der Waals surface area contributed by atoms with E-state index in [2.05, 4.69) is 10.3 Å². The number of rotatable bonds is 1. The van der Waals surface area contributed by atoms with E-state index >= 15 is 0 Å². The summed E-state index contributed by atoms with van der Waals surface area (Å²) in [4.78, 5) is 4.07. The van der Waals surface area contributed by atoms with Crippen LogP contribution in [0, 0.1) is 28.5 Å². The van der Waals surface area contributed by atoms with E-state index in [1.54, 1.807) is 13.0 Å². The highest BCUT2D eigenvalue weighted by Gasteiger charge is 2.24. The van der Waals surface area contributed by atoms with Crippen LogP contribution in [0.3, 0.4) is 0 Å². The van der Waals surface area contributed by atoms with Gasteiger partial charge in [0.15, 0.2) is 11.4 Å². The molecule has 6 heteroatoms. The summed E-state index contributed by atoms with van der Waals surface area (Å²) in [6.07, 6.45) is 0.358. The largest absolute Gasteiger partial charge is 0.367 e. The van der Waals surface area contributed by atoms with E-state index in [1.807, 2.05) is 12.1 Å². The van der Waals surface area contributed by atoms with Gasteiger partial charge in [0, 0.05) is 22.7 Å². The van der Waals surface area contributed by atoms with E-state index in [4.69, 9.17) is 22.1 Å². The molecule has 2 rings (SSSR count). The van der Waals surface area contributed by atoms with Gasteiger partial charge in [0.1, 0.15) is 18.0 Å². The molecule has 1 aromatic carbocycles. The number of halogens is 2. The van der Waals surface area contributed by atoms with Crippen LogP contribution in [0.2, 0.25) is 5.02 Å². The van der Waals surface area contributed by atoms with Crippen molar-refractivity contribution in [1.82, 2.24) is 5.32 Å². The first-order chi connectivity index (χ1) is 9.56. The number of aliphatic imine (C=N–C) groups is 1. The number of hydrogen-bond donors (Lipinski definition) is 1. The highest BCUT2D eigenvalue weighted by Crippen LogP contribution is 2.30. The lowest BCUT2D eigenvalue weighted by Gasteiger charge is -2.19. The molecule has 1 N–H and O–H groups in total. The van der Waals surface area contributed by atoms with Gasteiger partial charge in [-0.3, -0.25) is 0 Å². The minimum atomic E-state index is -0.534. The zero-order valence-electron chi connectivity index (χ0n) is 10.6. The third-order valence-electron chi connectivity index (χ3n) is 2.92. The summed E-state index contributed by atoms with van der Waals surface area (Å²) in [7, 11) is 0. The van der Waals surface area contributed by atoms with Gasteiger partial charge in [-0.15, -0.1) is 0 Å². The van der Waals surface area contributed by atoms with Crippen molar-refractivity contribution in [3.63, 3.8) is 0 Å². The fraction of sp³-hybridized carbons (Fsp3) is 0.214. The topological polar surface area (TPSA) is 72.0 Å². The second-order valence-corrected chi connectivity index (χ2v) is 4.74. The molecule has 4 nitrogen and oxygen atoms in total. The molecule has 0 aromatic heterocycles. The second-order valence-electron chi connectivity index (χ2n) is 4.33. The average Bonchev–Trinajstić information content (AvgIpc) is 2.57. The summed E-state index contributed by atoms with van der Waals surface area (Å²) in [5, 5.41) is 21.2. The zero-order chi connectivity index (χ0) is 14.7. The summed E-state index contributed by atoms with van der Waals surface area (Å²) in [6.45, 7) is 1.72. The fourth-order valence-corrected chi connectivity index (χ4v) is 2.36. The maximum Gasteiger partial charge on any atom is 0.174 e. The van der Waals surface area contributed by atoms with Crippen LogP contribution in [-0.2, 0) is 0 Å². The molecule has 1 heterocycles. The van der Waals surface area contributed by atoms with Crippen LogP contribution in [-0.4, -0.2) is 5.71 Å². The molecule has 1 atom stereocenters. The van der Waals surface area contributed by atoms with Crippen molar-refractivity contribution >= 4 is 17.3 Å². The number of allylic oxidation sites excluding steroid dienone is 2. The second kappa shape index (κ2) is 5.73. The Morgan fingerprint density at radius 2 is 2.15 bits per heavy atom. The third kappa shape index (κ3) is 2.64. The molecule has 0 unspecified atom stereocenters. The van der Waals surface area contributed by atoms with Gasteiger partial charge >= 0.3 is 0 Å². The Balaban J connectivity index is 2.52. The van der Waals surface area contributed by atoms with Crippen LogP contribution in [0.25, 0.3) is 0 Å². The minimum absolute atomic E-state index is 0.0000354. The van der Waals surface area contributed by atoms with E-state index < -0.39 is 11.9 Å². The van der Waals surface area contributed by atoms with Crippen molar-refractivity contribution in [2.75, 3.05) is 0 Å². The SMILES string of the molecule is CC1=NC(C#N)=C(C#N)N[C@H](c2c(F)cccc2Cl)C1. The number of benzene rings is 1. The van der Waals surface area contributed by atoms with Crippen LogP contribution in [0.4, 0.5) is 4.39 Å². The normalized spacial score (nSPS) is 18.4. The van der Waals surface area contributed by atoms with E-state index in [0.717, 1.165) is 0 Å². The molecule has 0 amide bonds. The van der Waals surface area contributed by atoms with Crippen molar-refractivity contribution < 1.29 is 4.39 Å². The van der Waals surface area contributed by atoms with Gasteiger partial charge in [0.25, 0.3) is 0 Å². The molecular formula is C14H10ClFN4. The standard InChI is InChI=1S/C14H10ClFN4/c1-8-5-11(14-9(15)3-2-4-10(14)16)20-13(7-18)12(6-17)19-8/h2-4,11,20H,5H2,1H3/t11-/m0/s1. The van der Waals surface area contributed by atoms with E-state index in [-0.39, 0.29) is 22.0 Å². The molecular weight excluding hydrogens is 279 g/mol. The van der Waals surface area contributed by atoms with Crippen molar-refractivity contribution in [2.24, 2.45) is 4.99 Å². The lowest BCUT2D eigenvalue weighted by molar-refractivity contribution is 0.554. The van der Waals surface area contributed by atoms with Gasteiger partial charge in [-0.25, -0.2) is 9.38 Å². The molecule has 0 radical (unpaired) electrons. The number of nitrogens with one attached hydrogen (secondary N) is 1. The van der Waals surface area contributed by atoms with Crippen LogP contribution in [0.15, 0.2) is 34.6 Å². The maximum absolute atomic E-state index is 14.0. The van der Waals surface area contributed by atoms with Crippen LogP contribution in [0.1, 0.15) is 24.9 Å². The molecule has 0 aliphatic carbocycles. The summed E-state index contributed by atoms with van der Waals surface area (Å²) < 4.78 is 14.0. The Morgan fingerprint density at radius 1 is 1.40 bits per heavy atom. The highest BCUT2D eigenvalue weighted by atomic mass is 35.5. The van der Waals surface area contributed by atoms with Gasteiger partial charge in [0.2, 0.25) is 0 Å². The molecule has 0 saturated heterocycles. The number of hydrogen-bond acceptors (Lipinski definition) is 4. The smallest absolute Gasteiger partial charge is 0.174 e. The first-order valence-corrected chi connectivity index (χ1v) is 6.23. The average molecular weight is 289 g/mol. The number of nitrogens with zero attached hydrogens (tertiary/aromatic N) is 3. The maximum atomic E-state index is 14.0. The fourth-order valence-electron chi connectivity index (χ4n) is 2.07. The molecule has 0 spiro atoms. The van der Waals surface area contributed by atoms with E-state index in [1.165, 1.54) is 12.1 Å². The van der Waals surface area contributed by atoms with Crippen LogP contribution < -0.4 is 5.32 Å². The lowest BCUT2D eigenvalue weighted by atomic mass is 10.0. The Labute approximate surface area is 120 Å². The first-order valence-electron chi connectivity index (χ1n) is 5.86. The van der Waals surface area contributed by atoms with Crippen LogP contribution >= 0.6 is 11.6 Å². The predicted molar refractivity (Wildman–Crippen MR) is 73.3 cm³/mol. The van der Waals surface area contributed by atoms with Crippen molar-refractivity contribution in [1.29, 1.82) is 10.5 Å². The quantitative estimate of drug-likeness (QED) is 0.862. The van der Waals surface area contributed by atoms with Crippen molar-refractivity contribution in [3.05, 3.63) is 46.0 Å². The minimum Gasteiger partial charge on any atom is -0.367 e. The van der Waals surface area contributed by atoms with Gasteiger partial charge in [0.05, 0.1) is 6.04 Å². The van der Waals surface area contributed by atoms with Crippen molar-refractivity contribution in [2.45, 2.75) is 19.4 Å². The van der Waals surface area contributed by atoms with E-state index in [9.17, 15) is 4.39 Å². The van der Waals surface area contributed by atoms with E-state index in [0.29, 0.717) is 12.1 Å². The van der Waals surface area contributed by atoms with Gasteiger partial charge in [-0.05, 0) is 19.1 Å². The third-order valence-corrected chi connectivity index (χ3v) is 3.25. The molecule has 1 aliphatic heterocycles. The summed E-state index contributed by atoms with van der Waals surface area (Å²) >= 11 is 6.04. The van der Waals surface area contributed by atoms with Crippen LogP contribution in [0.5, 0.6) is 0 Å². The monoisotopic (exact) mass is 288 g/mol. The Morgan fingerprint density at radius 3 is 2.75 bits per heavy atom. The molecule has 100 valence electrons. The van der Waals surface area contributed by atoms with Crippen molar-refractivity contribution in [3.8, 4) is 12.1 Å². The summed E-state index contributed by atoms with van der Waals surface area (Å²) in [5.74, 6) is -0.458. The first kappa shape index (κ1) is 14.0. The summed E-state index contributed by atoms with van der Waals surface area (Å²) in [5.41, 5.74) is 0.924. The molecule has 1 aromatic rings. The van der Waals surface area contributed by atoms with Gasteiger partial charge in [-0.2, -0.15) is 10.5 Å². The predicted octanol–water partition coefficient (Wildman–Crippen LogP) is 3.23. The molecule has 1 aliphatic rings. The highest BCUT2D eigenvalue weighted by molar-refractivity contribution is 6.31. The summed E-state index contributed by atoms with van der Waals surface area (Å²) in [6, 6.07) is 7.60. The zero-order valence-corrected chi connectivity index (χ0v) is 11.4. The Kier molecular flexibility index (Phi) is 4.02. The van der Waals surface area contributed by atoms with Gasteiger partial charge in [-0.1, -0.05) is 17.7 Å². The van der Waals surface area contributed by atoms with Gasteiger partial charge < -0.3 is 5.32 Å². The molecule has 0 fully saturated rings. The molecule has 0 saturated carbocycles. The Hall–Kier alpha value is -2.37. The Bertz CT molecular complexity index is 674. The molecule has 20 heavy (non-hydrogen) atoms. The molecule has 0 bridgehead atoms. The lowest BCUT2D eigenvalue weighted by Crippen LogP contribution is -2.22.